The number of esters is 1. The predicted molar refractivity (Wildman–Crippen MR) is 133 cm³/mol. The van der Waals surface area contributed by atoms with Crippen molar-refractivity contribution in [3.8, 4) is 16.9 Å². The molecule has 0 aliphatic rings. The van der Waals surface area contributed by atoms with Gasteiger partial charge in [-0.15, -0.1) is 5.10 Å². The summed E-state index contributed by atoms with van der Waals surface area (Å²) in [5, 5.41) is 12.5. The number of methoxy groups -OCH3 is 1. The Morgan fingerprint density at radius 1 is 0.971 bits per heavy atom. The lowest BCUT2D eigenvalue weighted by molar-refractivity contribution is 0.0520. The number of anilines is 2. The van der Waals surface area contributed by atoms with Crippen LogP contribution < -0.4 is 10.1 Å². The van der Waals surface area contributed by atoms with Gasteiger partial charge < -0.3 is 14.8 Å². The third-order valence-electron chi connectivity index (χ3n) is 5.10. The lowest BCUT2D eigenvalue weighted by Crippen LogP contribution is -2.11. The first-order valence-corrected chi connectivity index (χ1v) is 11.3. The maximum atomic E-state index is 12.5. The summed E-state index contributed by atoms with van der Waals surface area (Å²) in [5.41, 5.74) is 3.76. The van der Waals surface area contributed by atoms with Crippen molar-refractivity contribution < 1.29 is 14.3 Å². The molecule has 4 rings (SSSR count). The molecule has 0 radical (unpaired) electrons. The van der Waals surface area contributed by atoms with Gasteiger partial charge in [-0.2, -0.15) is 0 Å². The summed E-state index contributed by atoms with van der Waals surface area (Å²) < 4.78 is 12.0. The molecule has 174 valence electrons. The van der Waals surface area contributed by atoms with Crippen molar-refractivity contribution in [2.75, 3.05) is 19.0 Å². The molecule has 1 heterocycles. The first-order chi connectivity index (χ1) is 16.5. The van der Waals surface area contributed by atoms with E-state index in [1.807, 2.05) is 60.7 Å². The summed E-state index contributed by atoms with van der Waals surface area (Å²) in [6.45, 7) is 2.39. The van der Waals surface area contributed by atoms with Crippen LogP contribution in [0.1, 0.15) is 23.0 Å². The van der Waals surface area contributed by atoms with Crippen molar-refractivity contribution in [3.63, 3.8) is 0 Å². The molecule has 3 aromatic carbocycles. The Balaban J connectivity index is 1.61. The second-order valence-electron chi connectivity index (χ2n) is 7.34. The van der Waals surface area contributed by atoms with Gasteiger partial charge in [0.2, 0.25) is 5.69 Å². The van der Waals surface area contributed by atoms with Crippen molar-refractivity contribution in [1.29, 1.82) is 0 Å². The molecule has 0 aliphatic heterocycles. The van der Waals surface area contributed by atoms with Crippen LogP contribution in [-0.4, -0.2) is 34.7 Å². The minimum atomic E-state index is -0.543. The van der Waals surface area contributed by atoms with Gasteiger partial charge >= 0.3 is 5.97 Å². The SMILES string of the molecule is CCOC(=O)c1nnn(Cc2ccc(OC)cc2)c1Nc1ccc(-c2ccc(Cl)c(Cl)c2)cc1. The van der Waals surface area contributed by atoms with Crippen molar-refractivity contribution in [2.24, 2.45) is 0 Å². The number of rotatable bonds is 8. The van der Waals surface area contributed by atoms with Crippen molar-refractivity contribution >= 4 is 40.7 Å². The molecule has 4 aromatic rings. The van der Waals surface area contributed by atoms with E-state index in [0.717, 1.165) is 28.1 Å². The number of halogens is 2. The average Bonchev–Trinajstić information content (AvgIpc) is 3.24. The average molecular weight is 497 g/mol. The summed E-state index contributed by atoms with van der Waals surface area (Å²) >= 11 is 12.2. The molecule has 0 saturated carbocycles. The molecule has 0 fully saturated rings. The van der Waals surface area contributed by atoms with Crippen molar-refractivity contribution in [2.45, 2.75) is 13.5 Å². The van der Waals surface area contributed by atoms with Gasteiger partial charge in [0.05, 0.1) is 30.3 Å². The topological polar surface area (TPSA) is 78.3 Å². The van der Waals surface area contributed by atoms with Crippen LogP contribution in [0.25, 0.3) is 11.1 Å². The van der Waals surface area contributed by atoms with Gasteiger partial charge in [0.15, 0.2) is 5.82 Å². The number of benzene rings is 3. The normalized spacial score (nSPS) is 10.7. The molecule has 0 aliphatic carbocycles. The fraction of sp³-hybridized carbons (Fsp3) is 0.160. The van der Waals surface area contributed by atoms with Crippen LogP contribution in [-0.2, 0) is 11.3 Å². The molecular weight excluding hydrogens is 475 g/mol. The Hall–Kier alpha value is -3.55. The molecule has 34 heavy (non-hydrogen) atoms. The zero-order valence-corrected chi connectivity index (χ0v) is 20.1. The van der Waals surface area contributed by atoms with E-state index in [1.54, 1.807) is 24.8 Å². The summed E-state index contributed by atoms with van der Waals surface area (Å²) in [7, 11) is 1.62. The first kappa shape index (κ1) is 23.6. The van der Waals surface area contributed by atoms with Crippen LogP contribution in [0.2, 0.25) is 10.0 Å². The highest BCUT2D eigenvalue weighted by molar-refractivity contribution is 6.42. The van der Waals surface area contributed by atoms with Gasteiger partial charge in [0.25, 0.3) is 0 Å². The molecule has 0 bridgehead atoms. The zero-order chi connectivity index (χ0) is 24.1. The Morgan fingerprint density at radius 2 is 1.68 bits per heavy atom. The smallest absolute Gasteiger partial charge is 0.362 e. The molecule has 1 aromatic heterocycles. The molecule has 0 saturated heterocycles. The lowest BCUT2D eigenvalue weighted by Gasteiger charge is -2.12. The van der Waals surface area contributed by atoms with Crippen LogP contribution in [0.15, 0.2) is 66.7 Å². The van der Waals surface area contributed by atoms with Crippen molar-refractivity contribution in [3.05, 3.63) is 88.0 Å². The summed E-state index contributed by atoms with van der Waals surface area (Å²) in [4.78, 5) is 12.5. The molecule has 0 spiro atoms. The van der Waals surface area contributed by atoms with Gasteiger partial charge in [0.1, 0.15) is 5.75 Å². The molecule has 1 N–H and O–H groups in total. The van der Waals surface area contributed by atoms with Gasteiger partial charge in [0, 0.05) is 5.69 Å². The van der Waals surface area contributed by atoms with Crippen LogP contribution in [0.5, 0.6) is 5.75 Å². The number of carbonyl (C=O) groups is 1. The fourth-order valence-corrected chi connectivity index (χ4v) is 3.64. The van der Waals surface area contributed by atoms with E-state index in [1.165, 1.54) is 0 Å². The Labute approximate surface area is 207 Å². The zero-order valence-electron chi connectivity index (χ0n) is 18.6. The number of aromatic nitrogens is 3. The molecular formula is C25H22Cl2N4O3. The largest absolute Gasteiger partial charge is 0.497 e. The fourth-order valence-electron chi connectivity index (χ4n) is 3.35. The lowest BCUT2D eigenvalue weighted by atomic mass is 10.1. The highest BCUT2D eigenvalue weighted by Gasteiger charge is 2.21. The van der Waals surface area contributed by atoms with Crippen molar-refractivity contribution in [1.82, 2.24) is 15.0 Å². The summed E-state index contributed by atoms with van der Waals surface area (Å²) in [6.07, 6.45) is 0. The second-order valence-corrected chi connectivity index (χ2v) is 8.16. The highest BCUT2D eigenvalue weighted by atomic mass is 35.5. The minimum absolute atomic E-state index is 0.115. The quantitative estimate of drug-likeness (QED) is 0.291. The highest BCUT2D eigenvalue weighted by Crippen LogP contribution is 2.30. The van der Waals surface area contributed by atoms with E-state index in [2.05, 4.69) is 15.6 Å². The van der Waals surface area contributed by atoms with E-state index < -0.39 is 5.97 Å². The Kier molecular flexibility index (Phi) is 7.35. The first-order valence-electron chi connectivity index (χ1n) is 10.5. The van der Waals surface area contributed by atoms with Gasteiger partial charge in [-0.1, -0.05) is 58.7 Å². The van der Waals surface area contributed by atoms with Gasteiger partial charge in [-0.3, -0.25) is 0 Å². The third-order valence-corrected chi connectivity index (χ3v) is 5.83. The number of nitrogens with zero attached hydrogens (tertiary/aromatic N) is 3. The maximum Gasteiger partial charge on any atom is 0.362 e. The Bertz CT molecular complexity index is 1290. The van der Waals surface area contributed by atoms with Crippen LogP contribution >= 0.6 is 23.2 Å². The second kappa shape index (κ2) is 10.6. The Morgan fingerprint density at radius 3 is 2.32 bits per heavy atom. The van der Waals surface area contributed by atoms with Gasteiger partial charge in [-0.05, 0) is 60.0 Å². The van der Waals surface area contributed by atoms with Gasteiger partial charge in [-0.25, -0.2) is 9.48 Å². The minimum Gasteiger partial charge on any atom is -0.497 e. The number of nitrogens with one attached hydrogen (secondary N) is 1. The van der Waals surface area contributed by atoms with E-state index in [4.69, 9.17) is 32.7 Å². The molecule has 0 amide bonds. The molecule has 0 unspecified atom stereocenters. The third kappa shape index (κ3) is 5.32. The summed E-state index contributed by atoms with van der Waals surface area (Å²) in [6, 6.07) is 20.8. The van der Waals surface area contributed by atoms with Crippen LogP contribution in [0.4, 0.5) is 11.5 Å². The van der Waals surface area contributed by atoms with E-state index in [9.17, 15) is 4.79 Å². The monoisotopic (exact) mass is 496 g/mol. The van der Waals surface area contributed by atoms with Crippen LogP contribution in [0.3, 0.4) is 0 Å². The maximum absolute atomic E-state index is 12.5. The molecule has 9 heteroatoms. The number of hydrogen-bond donors (Lipinski definition) is 1. The number of hydrogen-bond acceptors (Lipinski definition) is 6. The van der Waals surface area contributed by atoms with E-state index in [-0.39, 0.29) is 12.3 Å². The number of carbonyl (C=O) groups excluding carboxylic acids is 1. The van der Waals surface area contributed by atoms with E-state index >= 15 is 0 Å². The predicted octanol–water partition coefficient (Wildman–Crippen LogP) is 6.23. The van der Waals surface area contributed by atoms with E-state index in [0.29, 0.717) is 22.4 Å². The standard InChI is InChI=1S/C25H22Cl2N4O3/c1-3-34-25(32)23-24(31(30-29-23)15-16-4-11-20(33-2)12-5-16)28-19-9-6-17(7-10-19)18-8-13-21(26)22(27)14-18/h4-14,28H,3,15H2,1-2H3. The number of ether oxygens (including phenoxy) is 2. The molecule has 0 atom stereocenters. The summed E-state index contributed by atoms with van der Waals surface area (Å²) in [5.74, 6) is 0.657. The van der Waals surface area contributed by atoms with Crippen LogP contribution in [0, 0.1) is 0 Å². The molecule has 7 nitrogen and oxygen atoms in total.